The molecule has 1 aliphatic rings. The summed E-state index contributed by atoms with van der Waals surface area (Å²) < 4.78 is 0. The Balaban J connectivity index is 1.35. The average Bonchev–Trinajstić information content (AvgIpc) is 3.21. The molecule has 3 nitrogen and oxygen atoms in total. The number of hydrogen-bond donors (Lipinski definition) is 1. The number of carbonyl (C=O) groups is 1. The van der Waals surface area contributed by atoms with Crippen molar-refractivity contribution < 1.29 is 9.69 Å². The molecule has 4 heteroatoms. The van der Waals surface area contributed by atoms with Crippen LogP contribution < -0.4 is 4.90 Å². The van der Waals surface area contributed by atoms with Crippen molar-refractivity contribution in [2.24, 2.45) is 0 Å². The molecule has 1 fully saturated rings. The number of nitrogens with one attached hydrogen (secondary N) is 1. The van der Waals surface area contributed by atoms with E-state index in [-0.39, 0.29) is 5.91 Å². The van der Waals surface area contributed by atoms with E-state index < -0.39 is 0 Å². The molecule has 0 atom stereocenters. The summed E-state index contributed by atoms with van der Waals surface area (Å²) >= 11 is 1.65. The summed E-state index contributed by atoms with van der Waals surface area (Å²) in [6, 6.07) is 19.2. The van der Waals surface area contributed by atoms with Crippen LogP contribution in [-0.2, 0) is 11.3 Å². The van der Waals surface area contributed by atoms with Crippen LogP contribution in [0.15, 0.2) is 66.1 Å². The molecular formula is C22H23N2OS+. The van der Waals surface area contributed by atoms with Gasteiger partial charge in [0.2, 0.25) is 5.91 Å². The van der Waals surface area contributed by atoms with Crippen molar-refractivity contribution in [2.45, 2.75) is 6.54 Å². The first-order chi connectivity index (χ1) is 12.8. The third-order valence-electron chi connectivity index (χ3n) is 5.04. The minimum atomic E-state index is 0.127. The number of benzene rings is 2. The Kier molecular flexibility index (Phi) is 5.14. The molecular weight excluding hydrogens is 340 g/mol. The lowest BCUT2D eigenvalue weighted by molar-refractivity contribution is -0.917. The van der Waals surface area contributed by atoms with Gasteiger partial charge in [-0.25, -0.2) is 0 Å². The molecule has 1 amide bonds. The maximum atomic E-state index is 12.4. The molecule has 0 aliphatic carbocycles. The lowest BCUT2D eigenvalue weighted by atomic mass is 10.0. The van der Waals surface area contributed by atoms with Gasteiger partial charge in [-0.15, -0.1) is 11.3 Å². The number of amides is 1. The highest BCUT2D eigenvalue weighted by Crippen LogP contribution is 2.17. The van der Waals surface area contributed by atoms with E-state index in [1.54, 1.807) is 22.3 Å². The minimum Gasteiger partial charge on any atom is -0.328 e. The van der Waals surface area contributed by atoms with E-state index in [0.717, 1.165) is 37.6 Å². The van der Waals surface area contributed by atoms with Crippen LogP contribution in [0.4, 0.5) is 0 Å². The monoisotopic (exact) mass is 363 g/mol. The number of hydrogen-bond acceptors (Lipinski definition) is 2. The predicted molar refractivity (Wildman–Crippen MR) is 108 cm³/mol. The summed E-state index contributed by atoms with van der Waals surface area (Å²) in [5, 5.41) is 4.68. The van der Waals surface area contributed by atoms with E-state index in [2.05, 4.69) is 42.5 Å². The van der Waals surface area contributed by atoms with Gasteiger partial charge in [-0.05, 0) is 28.3 Å². The van der Waals surface area contributed by atoms with Crippen LogP contribution >= 0.6 is 11.3 Å². The van der Waals surface area contributed by atoms with Crippen LogP contribution in [0.3, 0.4) is 0 Å². The molecule has 4 rings (SSSR count). The maximum Gasteiger partial charge on any atom is 0.247 e. The third-order valence-corrected chi connectivity index (χ3v) is 5.87. The molecule has 0 radical (unpaired) electrons. The lowest BCUT2D eigenvalue weighted by Crippen LogP contribution is -3.13. The van der Waals surface area contributed by atoms with E-state index >= 15 is 0 Å². The van der Waals surface area contributed by atoms with Gasteiger partial charge in [0.25, 0.3) is 0 Å². The van der Waals surface area contributed by atoms with Gasteiger partial charge in [-0.1, -0.05) is 48.5 Å². The van der Waals surface area contributed by atoms with Gasteiger partial charge >= 0.3 is 0 Å². The van der Waals surface area contributed by atoms with Crippen molar-refractivity contribution in [3.8, 4) is 0 Å². The van der Waals surface area contributed by atoms with Crippen molar-refractivity contribution in [3.05, 3.63) is 76.5 Å². The summed E-state index contributed by atoms with van der Waals surface area (Å²) in [6.07, 6.45) is 3.63. The summed E-state index contributed by atoms with van der Waals surface area (Å²) in [5.41, 5.74) is 1.40. The smallest absolute Gasteiger partial charge is 0.247 e. The van der Waals surface area contributed by atoms with Crippen LogP contribution in [-0.4, -0.2) is 37.0 Å². The third kappa shape index (κ3) is 3.87. The number of piperazine rings is 1. The molecule has 2 heterocycles. The lowest BCUT2D eigenvalue weighted by Gasteiger charge is -2.31. The van der Waals surface area contributed by atoms with Gasteiger partial charge in [0.15, 0.2) is 0 Å². The summed E-state index contributed by atoms with van der Waals surface area (Å²) in [7, 11) is 0. The molecule has 1 aliphatic heterocycles. The van der Waals surface area contributed by atoms with Crippen LogP contribution in [0, 0.1) is 0 Å². The second kappa shape index (κ2) is 7.85. The Bertz CT molecular complexity index is 904. The topological polar surface area (TPSA) is 24.8 Å². The first-order valence-electron chi connectivity index (χ1n) is 9.10. The van der Waals surface area contributed by atoms with Crippen molar-refractivity contribution >= 4 is 34.1 Å². The zero-order valence-corrected chi connectivity index (χ0v) is 15.5. The van der Waals surface area contributed by atoms with Gasteiger partial charge in [-0.3, -0.25) is 4.79 Å². The quantitative estimate of drug-likeness (QED) is 0.709. The molecule has 132 valence electrons. The fraction of sp³-hybridized carbons (Fsp3) is 0.227. The molecule has 2 aromatic carbocycles. The molecule has 1 aromatic heterocycles. The molecule has 0 spiro atoms. The highest BCUT2D eigenvalue weighted by molar-refractivity contribution is 7.10. The van der Waals surface area contributed by atoms with Crippen LogP contribution in [0.25, 0.3) is 16.8 Å². The maximum absolute atomic E-state index is 12.4. The van der Waals surface area contributed by atoms with Crippen molar-refractivity contribution in [3.63, 3.8) is 0 Å². The predicted octanol–water partition coefficient (Wildman–Crippen LogP) is 2.84. The normalized spacial score (nSPS) is 15.8. The van der Waals surface area contributed by atoms with Crippen LogP contribution in [0.2, 0.25) is 0 Å². The Morgan fingerprint density at radius 3 is 2.65 bits per heavy atom. The number of fused-ring (bicyclic) bond motifs is 1. The SMILES string of the molecule is O=C(/C=C/c1cccs1)N1CC[NH+](Cc2cccc3ccccc23)CC1. The number of nitrogens with zero attached hydrogens (tertiary/aromatic N) is 1. The van der Waals surface area contributed by atoms with Gasteiger partial charge in [0.1, 0.15) is 6.54 Å². The fourth-order valence-electron chi connectivity index (χ4n) is 3.58. The Morgan fingerprint density at radius 1 is 1.04 bits per heavy atom. The van der Waals surface area contributed by atoms with E-state index in [4.69, 9.17) is 0 Å². The molecule has 0 unspecified atom stereocenters. The van der Waals surface area contributed by atoms with Crippen LogP contribution in [0.1, 0.15) is 10.4 Å². The first kappa shape index (κ1) is 17.0. The zero-order chi connectivity index (χ0) is 17.8. The molecule has 0 bridgehead atoms. The molecule has 26 heavy (non-hydrogen) atoms. The molecule has 0 saturated carbocycles. The number of rotatable bonds is 4. The Hall–Kier alpha value is -2.43. The van der Waals surface area contributed by atoms with Gasteiger partial charge < -0.3 is 9.80 Å². The summed E-state index contributed by atoms with van der Waals surface area (Å²) in [6.45, 7) is 4.68. The molecule has 1 N–H and O–H groups in total. The van der Waals surface area contributed by atoms with Crippen molar-refractivity contribution in [1.82, 2.24) is 4.90 Å². The second-order valence-electron chi connectivity index (χ2n) is 6.74. The van der Waals surface area contributed by atoms with Gasteiger partial charge in [0.05, 0.1) is 26.2 Å². The number of quaternary nitrogens is 1. The summed E-state index contributed by atoms with van der Waals surface area (Å²) in [5.74, 6) is 0.127. The number of thiophene rings is 1. The van der Waals surface area contributed by atoms with Crippen molar-refractivity contribution in [2.75, 3.05) is 26.2 Å². The van der Waals surface area contributed by atoms with E-state index in [1.807, 2.05) is 28.5 Å². The Morgan fingerprint density at radius 2 is 1.85 bits per heavy atom. The molecule has 1 saturated heterocycles. The highest BCUT2D eigenvalue weighted by atomic mass is 32.1. The first-order valence-corrected chi connectivity index (χ1v) is 9.98. The second-order valence-corrected chi connectivity index (χ2v) is 7.72. The highest BCUT2D eigenvalue weighted by Gasteiger charge is 2.22. The van der Waals surface area contributed by atoms with Gasteiger partial charge in [0, 0.05) is 16.5 Å². The Labute approximate surface area is 158 Å². The minimum absolute atomic E-state index is 0.127. The fourth-order valence-corrected chi connectivity index (χ4v) is 4.20. The van der Waals surface area contributed by atoms with Crippen LogP contribution in [0.5, 0.6) is 0 Å². The molecule has 3 aromatic rings. The largest absolute Gasteiger partial charge is 0.328 e. The summed E-state index contributed by atoms with van der Waals surface area (Å²) in [4.78, 5) is 17.0. The van der Waals surface area contributed by atoms with E-state index in [0.29, 0.717) is 0 Å². The van der Waals surface area contributed by atoms with E-state index in [9.17, 15) is 4.79 Å². The number of carbonyl (C=O) groups excluding carboxylic acids is 1. The van der Waals surface area contributed by atoms with Crippen molar-refractivity contribution in [1.29, 1.82) is 0 Å². The standard InChI is InChI=1S/C22H22N2OS/c25-22(11-10-20-8-4-16-26-20)24-14-12-23(13-15-24)17-19-7-3-6-18-5-1-2-9-21(18)19/h1-11,16H,12-15,17H2/p+1/b11-10+. The zero-order valence-electron chi connectivity index (χ0n) is 14.7. The van der Waals surface area contributed by atoms with E-state index in [1.165, 1.54) is 16.3 Å². The van der Waals surface area contributed by atoms with Gasteiger partial charge in [-0.2, -0.15) is 0 Å². The average molecular weight is 364 g/mol.